The molecule has 2 aromatic heterocycles. The fourth-order valence-electron chi connectivity index (χ4n) is 2.03. The van der Waals surface area contributed by atoms with Crippen LogP contribution in [-0.2, 0) is 24.9 Å². The molecule has 0 radical (unpaired) electrons. The quantitative estimate of drug-likeness (QED) is 0.644. The van der Waals surface area contributed by atoms with Gasteiger partial charge in [-0.05, 0) is 32.1 Å². The molecule has 0 aliphatic heterocycles. The Kier molecular flexibility index (Phi) is 5.15. The van der Waals surface area contributed by atoms with Gasteiger partial charge in [0.2, 0.25) is 5.91 Å². The highest BCUT2D eigenvalue weighted by molar-refractivity contribution is 7.71. The summed E-state index contributed by atoms with van der Waals surface area (Å²) in [7, 11) is 1.75. The Morgan fingerprint density at radius 1 is 1.55 bits per heavy atom. The van der Waals surface area contributed by atoms with Gasteiger partial charge in [0.15, 0.2) is 10.6 Å². The van der Waals surface area contributed by atoms with Crippen LogP contribution in [0.3, 0.4) is 0 Å². The third kappa shape index (κ3) is 3.45. The summed E-state index contributed by atoms with van der Waals surface area (Å²) in [6.07, 6.45) is 3.07. The highest BCUT2D eigenvalue weighted by atomic mass is 35.5. The minimum Gasteiger partial charge on any atom is -0.345 e. The van der Waals surface area contributed by atoms with Gasteiger partial charge in [-0.25, -0.2) is 0 Å². The van der Waals surface area contributed by atoms with Crippen LogP contribution in [0.2, 0.25) is 5.15 Å². The average Bonchev–Trinajstić information content (AvgIpc) is 2.95. The van der Waals surface area contributed by atoms with E-state index in [0.717, 1.165) is 11.3 Å². The van der Waals surface area contributed by atoms with Crippen LogP contribution in [0.15, 0.2) is 6.08 Å². The number of hydrogen-bond acceptors (Lipinski definition) is 4. The van der Waals surface area contributed by atoms with E-state index in [9.17, 15) is 4.79 Å². The minimum atomic E-state index is -0.240. The number of hydrogen-bond donors (Lipinski definition) is 2. The predicted octanol–water partition coefficient (Wildman–Crippen LogP) is 1.99. The number of H-pyrrole nitrogens is 1. The molecule has 0 unspecified atom stereocenters. The van der Waals surface area contributed by atoms with Crippen molar-refractivity contribution in [1.82, 2.24) is 29.9 Å². The number of aryl methyl sites for hydroxylation is 2. The highest BCUT2D eigenvalue weighted by Gasteiger charge is 2.09. The van der Waals surface area contributed by atoms with Crippen molar-refractivity contribution in [3.8, 4) is 0 Å². The molecule has 0 fully saturated rings. The molecule has 22 heavy (non-hydrogen) atoms. The lowest BCUT2D eigenvalue weighted by molar-refractivity contribution is -0.116. The number of aromatic amines is 1. The molecule has 0 spiro atoms. The Morgan fingerprint density at radius 3 is 2.86 bits per heavy atom. The van der Waals surface area contributed by atoms with E-state index >= 15 is 0 Å². The summed E-state index contributed by atoms with van der Waals surface area (Å²) in [5.41, 5.74) is 1.50. The van der Waals surface area contributed by atoms with E-state index in [1.165, 1.54) is 6.08 Å². The van der Waals surface area contributed by atoms with Gasteiger partial charge < -0.3 is 9.88 Å². The molecule has 0 aromatic carbocycles. The van der Waals surface area contributed by atoms with E-state index in [0.29, 0.717) is 28.8 Å². The van der Waals surface area contributed by atoms with Gasteiger partial charge in [-0.2, -0.15) is 10.2 Å². The molecule has 1 amide bonds. The molecule has 7 nitrogen and oxygen atoms in total. The summed E-state index contributed by atoms with van der Waals surface area (Å²) < 4.78 is 3.93. The summed E-state index contributed by atoms with van der Waals surface area (Å²) in [4.78, 5) is 11.9. The second-order valence-corrected chi connectivity index (χ2v) is 5.40. The number of nitrogens with one attached hydrogen (secondary N) is 2. The Morgan fingerprint density at radius 2 is 2.27 bits per heavy atom. The van der Waals surface area contributed by atoms with E-state index in [2.05, 4.69) is 20.6 Å². The van der Waals surface area contributed by atoms with Crippen LogP contribution in [0.25, 0.3) is 6.08 Å². The van der Waals surface area contributed by atoms with Crippen LogP contribution in [0.1, 0.15) is 24.0 Å². The monoisotopic (exact) mass is 340 g/mol. The molecular weight excluding hydrogens is 324 g/mol. The second-order valence-electron chi connectivity index (χ2n) is 4.65. The highest BCUT2D eigenvalue weighted by Crippen LogP contribution is 2.19. The Balaban J connectivity index is 2.01. The first kappa shape index (κ1) is 16.4. The van der Waals surface area contributed by atoms with Crippen molar-refractivity contribution in [3.05, 3.63) is 33.1 Å². The van der Waals surface area contributed by atoms with E-state index in [4.69, 9.17) is 23.8 Å². The third-order valence-corrected chi connectivity index (χ3v) is 3.93. The molecule has 0 aliphatic rings. The van der Waals surface area contributed by atoms with Crippen molar-refractivity contribution in [3.63, 3.8) is 0 Å². The second kappa shape index (κ2) is 6.89. The molecule has 2 heterocycles. The standard InChI is InChI=1S/C13H17ClN6OS/c1-4-20-10(16-17-13(20)22)7-15-11(21)6-5-9-8(2)18-19(3)12(9)14/h5-6H,4,7H2,1-3H3,(H,15,21)(H,17,22)/b6-5+. The summed E-state index contributed by atoms with van der Waals surface area (Å²) in [6.45, 7) is 4.79. The maximum atomic E-state index is 11.9. The third-order valence-electron chi connectivity index (χ3n) is 3.17. The van der Waals surface area contributed by atoms with Crippen LogP contribution < -0.4 is 5.32 Å². The summed E-state index contributed by atoms with van der Waals surface area (Å²) in [6, 6.07) is 0. The van der Waals surface area contributed by atoms with E-state index < -0.39 is 0 Å². The lowest BCUT2D eigenvalue weighted by Crippen LogP contribution is -2.22. The fourth-order valence-corrected chi connectivity index (χ4v) is 2.55. The van der Waals surface area contributed by atoms with Crippen molar-refractivity contribution in [1.29, 1.82) is 0 Å². The van der Waals surface area contributed by atoms with Gasteiger partial charge in [0.1, 0.15) is 5.15 Å². The molecule has 0 saturated heterocycles. The number of aromatic nitrogens is 5. The largest absolute Gasteiger partial charge is 0.345 e. The van der Waals surface area contributed by atoms with Gasteiger partial charge in [0, 0.05) is 25.2 Å². The Bertz CT molecular complexity index is 772. The topological polar surface area (TPSA) is 80.5 Å². The fraction of sp³-hybridized carbons (Fsp3) is 0.385. The van der Waals surface area contributed by atoms with Crippen molar-refractivity contribution in [2.24, 2.45) is 7.05 Å². The van der Waals surface area contributed by atoms with Crippen molar-refractivity contribution in [2.45, 2.75) is 26.9 Å². The molecule has 118 valence electrons. The molecule has 2 aromatic rings. The zero-order valence-corrected chi connectivity index (χ0v) is 14.1. The number of halogens is 1. The zero-order chi connectivity index (χ0) is 16.3. The molecule has 0 atom stereocenters. The van der Waals surface area contributed by atoms with Gasteiger partial charge in [-0.3, -0.25) is 14.6 Å². The maximum Gasteiger partial charge on any atom is 0.244 e. The first-order chi connectivity index (χ1) is 10.4. The number of carbonyl (C=O) groups excluding carboxylic acids is 1. The maximum absolute atomic E-state index is 11.9. The number of amides is 1. The summed E-state index contributed by atoms with van der Waals surface area (Å²) >= 11 is 11.2. The lowest BCUT2D eigenvalue weighted by Gasteiger charge is -2.03. The molecule has 9 heteroatoms. The molecule has 0 bridgehead atoms. The van der Waals surface area contributed by atoms with Crippen LogP contribution in [0, 0.1) is 11.7 Å². The van der Waals surface area contributed by atoms with Gasteiger partial charge in [0.05, 0.1) is 12.2 Å². The van der Waals surface area contributed by atoms with E-state index in [-0.39, 0.29) is 5.91 Å². The molecule has 2 N–H and O–H groups in total. The summed E-state index contributed by atoms with van der Waals surface area (Å²) in [5, 5.41) is 14.2. The van der Waals surface area contributed by atoms with Gasteiger partial charge >= 0.3 is 0 Å². The molecule has 0 aliphatic carbocycles. The van der Waals surface area contributed by atoms with Crippen molar-refractivity contribution in [2.75, 3.05) is 0 Å². The first-order valence-electron chi connectivity index (χ1n) is 6.73. The van der Waals surface area contributed by atoms with Crippen LogP contribution >= 0.6 is 23.8 Å². The smallest absolute Gasteiger partial charge is 0.244 e. The van der Waals surface area contributed by atoms with Gasteiger partial charge in [-0.15, -0.1) is 0 Å². The number of rotatable bonds is 5. The summed E-state index contributed by atoms with van der Waals surface area (Å²) in [5.74, 6) is 0.445. The van der Waals surface area contributed by atoms with E-state index in [1.807, 2.05) is 18.4 Å². The SMILES string of the molecule is CCn1c(CNC(=O)/C=C/c2c(C)nn(C)c2Cl)n[nH]c1=S. The van der Waals surface area contributed by atoms with Crippen molar-refractivity contribution < 1.29 is 4.79 Å². The molecule has 2 rings (SSSR count). The minimum absolute atomic E-state index is 0.240. The number of carbonyl (C=O) groups is 1. The molecule has 0 saturated carbocycles. The average molecular weight is 341 g/mol. The van der Waals surface area contributed by atoms with Crippen LogP contribution in [-0.4, -0.2) is 30.5 Å². The lowest BCUT2D eigenvalue weighted by atomic mass is 10.2. The van der Waals surface area contributed by atoms with Crippen LogP contribution in [0.5, 0.6) is 0 Å². The van der Waals surface area contributed by atoms with Crippen LogP contribution in [0.4, 0.5) is 0 Å². The normalized spacial score (nSPS) is 11.3. The zero-order valence-electron chi connectivity index (χ0n) is 12.6. The molecular formula is C13H17ClN6OS. The Labute approximate surface area is 138 Å². The van der Waals surface area contributed by atoms with Crippen molar-refractivity contribution >= 4 is 35.8 Å². The van der Waals surface area contributed by atoms with Gasteiger partial charge in [-0.1, -0.05) is 11.6 Å². The number of nitrogens with zero attached hydrogens (tertiary/aromatic N) is 4. The van der Waals surface area contributed by atoms with E-state index in [1.54, 1.807) is 17.8 Å². The predicted molar refractivity (Wildman–Crippen MR) is 86.9 cm³/mol. The van der Waals surface area contributed by atoms with Gasteiger partial charge in [0.25, 0.3) is 0 Å². The first-order valence-corrected chi connectivity index (χ1v) is 7.51. The Hall–Kier alpha value is -1.93.